The molecule has 0 radical (unpaired) electrons. The van der Waals surface area contributed by atoms with Crippen LogP contribution in [0.5, 0.6) is 0 Å². The number of rotatable bonds is 6. The first-order valence-electron chi connectivity index (χ1n) is 8.35. The standard InChI is InChI=1S/C20H15BrClFN2O3S/c21-14-5-4-6-16(11-14)25(29(27,28)17-7-2-1-3-8-17)13-20(26)24-15-9-10-19(23)18(22)12-15/h1-12H,13H2,(H,24,26). The molecule has 0 unspecified atom stereocenters. The number of sulfonamides is 1. The Morgan fingerprint density at radius 3 is 2.41 bits per heavy atom. The molecule has 3 aromatic carbocycles. The molecule has 0 aromatic heterocycles. The summed E-state index contributed by atoms with van der Waals surface area (Å²) in [6.45, 7) is -0.483. The summed E-state index contributed by atoms with van der Waals surface area (Å²) < 4.78 is 41.4. The number of amides is 1. The first-order chi connectivity index (χ1) is 13.8. The van der Waals surface area contributed by atoms with Gasteiger partial charge in [0.2, 0.25) is 5.91 Å². The minimum absolute atomic E-state index is 0.0533. The lowest BCUT2D eigenvalue weighted by Crippen LogP contribution is -2.38. The van der Waals surface area contributed by atoms with Crippen molar-refractivity contribution in [2.45, 2.75) is 4.90 Å². The van der Waals surface area contributed by atoms with Gasteiger partial charge in [-0.2, -0.15) is 0 Å². The molecule has 0 aliphatic heterocycles. The lowest BCUT2D eigenvalue weighted by molar-refractivity contribution is -0.114. The smallest absolute Gasteiger partial charge is 0.264 e. The van der Waals surface area contributed by atoms with Crippen LogP contribution in [0.4, 0.5) is 15.8 Å². The monoisotopic (exact) mass is 496 g/mol. The fraction of sp³-hybridized carbons (Fsp3) is 0.0500. The SMILES string of the molecule is O=C(CN(c1cccc(Br)c1)S(=O)(=O)c1ccccc1)Nc1ccc(F)c(Cl)c1. The molecule has 0 fully saturated rings. The van der Waals surface area contributed by atoms with Gasteiger partial charge in [-0.1, -0.05) is 51.8 Å². The molecule has 3 rings (SSSR count). The summed E-state index contributed by atoms with van der Waals surface area (Å²) in [4.78, 5) is 12.6. The van der Waals surface area contributed by atoms with Crippen LogP contribution >= 0.6 is 27.5 Å². The molecule has 0 spiro atoms. The highest BCUT2D eigenvalue weighted by Gasteiger charge is 2.27. The molecule has 5 nitrogen and oxygen atoms in total. The third-order valence-corrected chi connectivity index (χ3v) is 6.49. The average molecular weight is 498 g/mol. The molecule has 0 heterocycles. The van der Waals surface area contributed by atoms with E-state index < -0.39 is 28.3 Å². The van der Waals surface area contributed by atoms with E-state index in [9.17, 15) is 17.6 Å². The maximum atomic E-state index is 13.3. The molecular weight excluding hydrogens is 483 g/mol. The number of anilines is 2. The lowest BCUT2D eigenvalue weighted by atomic mass is 10.3. The molecule has 0 aliphatic carbocycles. The van der Waals surface area contributed by atoms with Crippen molar-refractivity contribution in [3.63, 3.8) is 0 Å². The first-order valence-corrected chi connectivity index (χ1v) is 11.0. The number of benzene rings is 3. The van der Waals surface area contributed by atoms with Crippen LogP contribution in [0.1, 0.15) is 0 Å². The van der Waals surface area contributed by atoms with E-state index in [2.05, 4.69) is 21.2 Å². The second kappa shape index (κ2) is 8.94. The summed E-state index contributed by atoms with van der Waals surface area (Å²) in [7, 11) is -4.01. The van der Waals surface area contributed by atoms with Crippen LogP contribution in [0, 0.1) is 5.82 Å². The average Bonchev–Trinajstić information content (AvgIpc) is 2.69. The summed E-state index contributed by atoms with van der Waals surface area (Å²) in [6.07, 6.45) is 0. The van der Waals surface area contributed by atoms with Gasteiger partial charge in [-0.25, -0.2) is 12.8 Å². The van der Waals surface area contributed by atoms with Gasteiger partial charge < -0.3 is 5.32 Å². The minimum atomic E-state index is -4.01. The highest BCUT2D eigenvalue weighted by molar-refractivity contribution is 9.10. The molecule has 29 heavy (non-hydrogen) atoms. The number of hydrogen-bond donors (Lipinski definition) is 1. The zero-order chi connectivity index (χ0) is 21.0. The Hall–Kier alpha value is -2.42. The molecule has 9 heteroatoms. The van der Waals surface area contributed by atoms with E-state index >= 15 is 0 Å². The van der Waals surface area contributed by atoms with Crippen molar-refractivity contribution in [2.24, 2.45) is 0 Å². The van der Waals surface area contributed by atoms with Crippen molar-refractivity contribution < 1.29 is 17.6 Å². The van der Waals surface area contributed by atoms with E-state index in [1.54, 1.807) is 42.5 Å². The molecule has 0 atom stereocenters. The summed E-state index contributed by atoms with van der Waals surface area (Å²) >= 11 is 9.05. The topological polar surface area (TPSA) is 66.5 Å². The maximum absolute atomic E-state index is 13.3. The normalized spacial score (nSPS) is 11.1. The number of carbonyl (C=O) groups is 1. The number of hydrogen-bond acceptors (Lipinski definition) is 3. The van der Waals surface area contributed by atoms with E-state index in [0.29, 0.717) is 10.2 Å². The predicted molar refractivity (Wildman–Crippen MR) is 115 cm³/mol. The van der Waals surface area contributed by atoms with E-state index in [4.69, 9.17) is 11.6 Å². The van der Waals surface area contributed by atoms with Crippen molar-refractivity contribution in [2.75, 3.05) is 16.2 Å². The second-order valence-corrected chi connectivity index (χ2v) is 9.17. The molecule has 0 aliphatic rings. The van der Waals surface area contributed by atoms with Crippen molar-refractivity contribution in [1.29, 1.82) is 0 Å². The number of nitrogens with zero attached hydrogens (tertiary/aromatic N) is 1. The van der Waals surface area contributed by atoms with Gasteiger partial charge in [-0.05, 0) is 48.5 Å². The molecule has 1 amide bonds. The molecule has 1 N–H and O–H groups in total. The summed E-state index contributed by atoms with van der Waals surface area (Å²) in [6, 6.07) is 18.1. The molecule has 150 valence electrons. The van der Waals surface area contributed by atoms with E-state index in [1.165, 1.54) is 24.3 Å². The van der Waals surface area contributed by atoms with Gasteiger partial charge in [-0.3, -0.25) is 9.10 Å². The third kappa shape index (κ3) is 5.14. The van der Waals surface area contributed by atoms with Crippen molar-refractivity contribution in [1.82, 2.24) is 0 Å². The zero-order valence-corrected chi connectivity index (χ0v) is 18.0. The molecule has 0 bridgehead atoms. The Bertz CT molecular complexity index is 1140. The van der Waals surface area contributed by atoms with Crippen molar-refractivity contribution in [3.05, 3.63) is 88.1 Å². The highest BCUT2D eigenvalue weighted by atomic mass is 79.9. The first kappa shape index (κ1) is 21.3. The third-order valence-electron chi connectivity index (χ3n) is 3.92. The van der Waals surface area contributed by atoms with Crippen LogP contribution in [-0.4, -0.2) is 20.9 Å². The van der Waals surface area contributed by atoms with Crippen LogP contribution in [0.15, 0.2) is 82.2 Å². The Morgan fingerprint density at radius 1 is 1.03 bits per heavy atom. The fourth-order valence-electron chi connectivity index (χ4n) is 2.57. The summed E-state index contributed by atoms with van der Waals surface area (Å²) in [5.41, 5.74) is 0.572. The molecule has 0 saturated heterocycles. The number of nitrogens with one attached hydrogen (secondary N) is 1. The van der Waals surface area contributed by atoms with Gasteiger partial charge in [-0.15, -0.1) is 0 Å². The van der Waals surface area contributed by atoms with Crippen LogP contribution in [0.2, 0.25) is 5.02 Å². The Balaban J connectivity index is 1.93. The maximum Gasteiger partial charge on any atom is 0.264 e. The largest absolute Gasteiger partial charge is 0.324 e. The quantitative estimate of drug-likeness (QED) is 0.517. The zero-order valence-electron chi connectivity index (χ0n) is 14.8. The van der Waals surface area contributed by atoms with Gasteiger partial charge in [0.1, 0.15) is 12.4 Å². The molecular formula is C20H15BrClFN2O3S. The summed E-state index contributed by atoms with van der Waals surface area (Å²) in [5.74, 6) is -1.22. The lowest BCUT2D eigenvalue weighted by Gasteiger charge is -2.24. The van der Waals surface area contributed by atoms with E-state index in [-0.39, 0.29) is 15.6 Å². The van der Waals surface area contributed by atoms with Crippen LogP contribution in [0.25, 0.3) is 0 Å². The van der Waals surface area contributed by atoms with Gasteiger partial charge in [0, 0.05) is 10.2 Å². The number of carbonyl (C=O) groups excluding carboxylic acids is 1. The Labute approximate surface area is 181 Å². The summed E-state index contributed by atoms with van der Waals surface area (Å²) in [5, 5.41) is 2.39. The van der Waals surface area contributed by atoms with Gasteiger partial charge >= 0.3 is 0 Å². The van der Waals surface area contributed by atoms with Gasteiger partial charge in [0.05, 0.1) is 15.6 Å². The number of halogens is 3. The fourth-order valence-corrected chi connectivity index (χ4v) is 4.57. The van der Waals surface area contributed by atoms with E-state index in [1.807, 2.05) is 0 Å². The van der Waals surface area contributed by atoms with E-state index in [0.717, 1.165) is 10.4 Å². The molecule has 3 aromatic rings. The second-order valence-electron chi connectivity index (χ2n) is 5.98. The Morgan fingerprint density at radius 2 is 1.76 bits per heavy atom. The van der Waals surface area contributed by atoms with Crippen molar-refractivity contribution >= 4 is 54.8 Å². The van der Waals surface area contributed by atoms with Gasteiger partial charge in [0.15, 0.2) is 0 Å². The predicted octanol–water partition coefficient (Wildman–Crippen LogP) is 5.08. The highest BCUT2D eigenvalue weighted by Crippen LogP contribution is 2.26. The minimum Gasteiger partial charge on any atom is -0.324 e. The van der Waals surface area contributed by atoms with Crippen LogP contribution < -0.4 is 9.62 Å². The van der Waals surface area contributed by atoms with Crippen LogP contribution in [0.3, 0.4) is 0 Å². The van der Waals surface area contributed by atoms with Crippen molar-refractivity contribution in [3.8, 4) is 0 Å². The van der Waals surface area contributed by atoms with Crippen LogP contribution in [-0.2, 0) is 14.8 Å². The van der Waals surface area contributed by atoms with Gasteiger partial charge in [0.25, 0.3) is 10.0 Å². The Kier molecular flexibility index (Phi) is 6.56. The molecule has 0 saturated carbocycles.